The van der Waals surface area contributed by atoms with Crippen molar-refractivity contribution >= 4 is 0 Å². The average molecular weight is 189 g/mol. The molecule has 0 aromatic carbocycles. The van der Waals surface area contributed by atoms with Gasteiger partial charge in [0.05, 0.1) is 4.92 Å². The van der Waals surface area contributed by atoms with Crippen LogP contribution in [-0.2, 0) is 9.47 Å². The van der Waals surface area contributed by atoms with Gasteiger partial charge in [-0.2, -0.15) is 0 Å². The Morgan fingerprint density at radius 1 is 1.62 bits per heavy atom. The standard InChI is InChI=1S/C8H15NO4/c1-3-4-5-6-8(12-2)7(13-8)9(10)11/h7H,3-6H2,1-2H3. The van der Waals surface area contributed by atoms with Crippen LogP contribution in [0, 0.1) is 10.1 Å². The molecule has 13 heavy (non-hydrogen) atoms. The normalized spacial score (nSPS) is 31.7. The first kappa shape index (κ1) is 10.4. The van der Waals surface area contributed by atoms with E-state index < -0.39 is 16.9 Å². The van der Waals surface area contributed by atoms with Crippen molar-refractivity contribution < 1.29 is 14.4 Å². The lowest BCUT2D eigenvalue weighted by Crippen LogP contribution is -2.22. The Hall–Kier alpha value is -0.680. The molecule has 0 aromatic heterocycles. The second-order valence-electron chi connectivity index (χ2n) is 3.23. The highest BCUT2D eigenvalue weighted by molar-refractivity contribution is 4.86. The van der Waals surface area contributed by atoms with Gasteiger partial charge in [-0.05, 0) is 6.42 Å². The van der Waals surface area contributed by atoms with E-state index in [1.165, 1.54) is 7.11 Å². The third-order valence-corrected chi connectivity index (χ3v) is 2.30. The van der Waals surface area contributed by atoms with Crippen LogP contribution in [0.15, 0.2) is 0 Å². The molecule has 5 nitrogen and oxygen atoms in total. The van der Waals surface area contributed by atoms with Gasteiger partial charge in [0.25, 0.3) is 5.79 Å². The van der Waals surface area contributed by atoms with Gasteiger partial charge in [0.1, 0.15) is 0 Å². The minimum absolute atomic E-state index is 0.435. The first-order valence-corrected chi connectivity index (χ1v) is 4.52. The summed E-state index contributed by atoms with van der Waals surface area (Å²) in [4.78, 5) is 9.93. The lowest BCUT2D eigenvalue weighted by Gasteiger charge is -2.06. The summed E-state index contributed by atoms with van der Waals surface area (Å²) >= 11 is 0. The molecule has 0 amide bonds. The summed E-state index contributed by atoms with van der Waals surface area (Å²) in [6, 6.07) is 0. The summed E-state index contributed by atoms with van der Waals surface area (Å²) in [5, 5.41) is 10.4. The molecular weight excluding hydrogens is 174 g/mol. The van der Waals surface area contributed by atoms with Crippen LogP contribution >= 0.6 is 0 Å². The van der Waals surface area contributed by atoms with Crippen molar-refractivity contribution in [2.45, 2.75) is 44.6 Å². The number of unbranched alkanes of at least 4 members (excludes halogenated alkanes) is 2. The number of hydrogen-bond donors (Lipinski definition) is 0. The Morgan fingerprint density at radius 2 is 2.31 bits per heavy atom. The monoisotopic (exact) mass is 189 g/mol. The minimum Gasteiger partial charge on any atom is -0.345 e. The summed E-state index contributed by atoms with van der Waals surface area (Å²) < 4.78 is 9.95. The predicted octanol–water partition coefficient (Wildman–Crippen LogP) is 1.54. The Labute approximate surface area is 77.2 Å². The highest BCUT2D eigenvalue weighted by Gasteiger charge is 2.67. The lowest BCUT2D eigenvalue weighted by atomic mass is 10.1. The second kappa shape index (κ2) is 4.02. The zero-order valence-electron chi connectivity index (χ0n) is 7.99. The molecule has 1 rings (SSSR count). The summed E-state index contributed by atoms with van der Waals surface area (Å²) in [6.07, 6.45) is 2.72. The number of epoxide rings is 1. The maximum atomic E-state index is 10.4. The van der Waals surface area contributed by atoms with Crippen molar-refractivity contribution in [3.63, 3.8) is 0 Å². The number of hydrogen-bond acceptors (Lipinski definition) is 4. The minimum atomic E-state index is -0.950. The molecule has 1 heterocycles. The summed E-state index contributed by atoms with van der Waals surface area (Å²) in [5.41, 5.74) is 0. The Morgan fingerprint density at radius 3 is 2.69 bits per heavy atom. The third kappa shape index (κ3) is 2.16. The van der Waals surface area contributed by atoms with E-state index in [0.29, 0.717) is 6.42 Å². The Bertz CT molecular complexity index is 197. The first-order valence-electron chi connectivity index (χ1n) is 4.52. The van der Waals surface area contributed by atoms with Crippen LogP contribution in [0.5, 0.6) is 0 Å². The van der Waals surface area contributed by atoms with E-state index in [-0.39, 0.29) is 0 Å². The van der Waals surface area contributed by atoms with Crippen molar-refractivity contribution in [2.75, 3.05) is 7.11 Å². The summed E-state index contributed by atoms with van der Waals surface area (Å²) in [5.74, 6) is -0.918. The Balaban J connectivity index is 2.33. The zero-order chi connectivity index (χ0) is 9.90. The van der Waals surface area contributed by atoms with Gasteiger partial charge in [0, 0.05) is 13.5 Å². The van der Waals surface area contributed by atoms with Gasteiger partial charge in [-0.3, -0.25) is 14.9 Å². The van der Waals surface area contributed by atoms with Crippen molar-refractivity contribution in [3.8, 4) is 0 Å². The van der Waals surface area contributed by atoms with Gasteiger partial charge in [0.2, 0.25) is 0 Å². The van der Waals surface area contributed by atoms with Crippen LogP contribution in [0.25, 0.3) is 0 Å². The number of ether oxygens (including phenoxy) is 2. The molecule has 0 spiro atoms. The molecule has 1 aliphatic heterocycles. The predicted molar refractivity (Wildman–Crippen MR) is 45.7 cm³/mol. The fraction of sp³-hybridized carbons (Fsp3) is 1.00. The second-order valence-corrected chi connectivity index (χ2v) is 3.23. The molecule has 0 bridgehead atoms. The fourth-order valence-electron chi connectivity index (χ4n) is 1.41. The van der Waals surface area contributed by atoms with Crippen molar-refractivity contribution in [3.05, 3.63) is 10.1 Å². The molecule has 5 heteroatoms. The smallest absolute Gasteiger partial charge is 0.345 e. The number of nitro groups is 1. The van der Waals surface area contributed by atoms with Gasteiger partial charge in [-0.25, -0.2) is 0 Å². The summed E-state index contributed by atoms with van der Waals surface area (Å²) in [7, 11) is 1.45. The van der Waals surface area contributed by atoms with E-state index in [1.54, 1.807) is 0 Å². The van der Waals surface area contributed by atoms with Crippen molar-refractivity contribution in [2.24, 2.45) is 0 Å². The van der Waals surface area contributed by atoms with E-state index in [1.807, 2.05) is 0 Å². The molecule has 0 aliphatic carbocycles. The van der Waals surface area contributed by atoms with Crippen LogP contribution in [0.2, 0.25) is 0 Å². The molecule has 1 fully saturated rings. The molecule has 2 atom stereocenters. The molecular formula is C8H15NO4. The zero-order valence-corrected chi connectivity index (χ0v) is 7.99. The molecule has 1 saturated heterocycles. The molecule has 76 valence electrons. The Kier molecular flexibility index (Phi) is 3.22. The van der Waals surface area contributed by atoms with Crippen LogP contribution in [-0.4, -0.2) is 24.0 Å². The highest BCUT2D eigenvalue weighted by Crippen LogP contribution is 2.41. The van der Waals surface area contributed by atoms with E-state index >= 15 is 0 Å². The molecule has 1 aliphatic rings. The van der Waals surface area contributed by atoms with Gasteiger partial charge >= 0.3 is 6.23 Å². The van der Waals surface area contributed by atoms with E-state index in [9.17, 15) is 10.1 Å². The molecule has 0 N–H and O–H groups in total. The van der Waals surface area contributed by atoms with Crippen molar-refractivity contribution in [1.29, 1.82) is 0 Å². The van der Waals surface area contributed by atoms with Gasteiger partial charge < -0.3 is 4.74 Å². The molecule has 2 unspecified atom stereocenters. The van der Waals surface area contributed by atoms with Gasteiger partial charge in [-0.15, -0.1) is 0 Å². The van der Waals surface area contributed by atoms with Crippen LogP contribution in [0.3, 0.4) is 0 Å². The maximum Gasteiger partial charge on any atom is 0.372 e. The van der Waals surface area contributed by atoms with Crippen molar-refractivity contribution in [1.82, 2.24) is 0 Å². The summed E-state index contributed by atoms with van der Waals surface area (Å²) in [6.45, 7) is 2.08. The number of nitrogens with zero attached hydrogens (tertiary/aromatic N) is 1. The fourth-order valence-corrected chi connectivity index (χ4v) is 1.41. The maximum absolute atomic E-state index is 10.4. The van der Waals surface area contributed by atoms with E-state index in [0.717, 1.165) is 19.3 Å². The quantitative estimate of drug-likeness (QED) is 0.275. The highest BCUT2D eigenvalue weighted by atomic mass is 16.8. The number of methoxy groups -OCH3 is 1. The SMILES string of the molecule is CCCCCC1(OC)OC1[N+](=O)[O-]. The first-order chi connectivity index (χ1) is 6.16. The third-order valence-electron chi connectivity index (χ3n) is 2.30. The molecule has 0 saturated carbocycles. The van der Waals surface area contributed by atoms with Crippen LogP contribution in [0.1, 0.15) is 32.6 Å². The lowest BCUT2D eigenvalue weighted by molar-refractivity contribution is -0.520. The average Bonchev–Trinajstić information content (AvgIpc) is 2.81. The molecule has 0 radical (unpaired) electrons. The van der Waals surface area contributed by atoms with Gasteiger partial charge in [0.15, 0.2) is 0 Å². The van der Waals surface area contributed by atoms with Crippen LogP contribution < -0.4 is 0 Å². The largest absolute Gasteiger partial charge is 0.372 e. The van der Waals surface area contributed by atoms with E-state index in [4.69, 9.17) is 9.47 Å². The van der Waals surface area contributed by atoms with E-state index in [2.05, 4.69) is 6.92 Å². The van der Waals surface area contributed by atoms with Gasteiger partial charge in [-0.1, -0.05) is 19.8 Å². The topological polar surface area (TPSA) is 64.9 Å². The molecule has 0 aromatic rings. The van der Waals surface area contributed by atoms with Crippen LogP contribution in [0.4, 0.5) is 0 Å². The number of rotatable bonds is 6.